The number of nitrogens with two attached hydrogens (primary N) is 1. The molecule has 8 heavy (non-hydrogen) atoms. The summed E-state index contributed by atoms with van der Waals surface area (Å²) in [5.74, 6) is 0.322. The van der Waals surface area contributed by atoms with Gasteiger partial charge in [0.05, 0.1) is 0 Å². The van der Waals surface area contributed by atoms with Crippen LogP contribution in [-0.4, -0.2) is 9.97 Å². The molecule has 47 valence electrons. The molecular formula is C4H5CuN3. The van der Waals surface area contributed by atoms with Crippen LogP contribution in [-0.2, 0) is 17.1 Å². The summed E-state index contributed by atoms with van der Waals surface area (Å²) in [5, 5.41) is 0. The van der Waals surface area contributed by atoms with Gasteiger partial charge in [-0.15, -0.1) is 0 Å². The quantitative estimate of drug-likeness (QED) is 0.544. The summed E-state index contributed by atoms with van der Waals surface area (Å²) in [5.41, 5.74) is 5.14. The molecule has 0 fully saturated rings. The van der Waals surface area contributed by atoms with E-state index in [4.69, 9.17) is 5.73 Å². The van der Waals surface area contributed by atoms with E-state index in [9.17, 15) is 0 Å². The average Bonchev–Trinajstić information content (AvgIpc) is 1.69. The SMILES string of the molecule is Nc1ncccn1.[Cu]. The van der Waals surface area contributed by atoms with Crippen molar-refractivity contribution in [1.82, 2.24) is 9.97 Å². The zero-order chi connectivity index (χ0) is 5.11. The Hall–Kier alpha value is -0.601. The summed E-state index contributed by atoms with van der Waals surface area (Å²) in [7, 11) is 0. The van der Waals surface area contributed by atoms with Crippen LogP contribution in [0.4, 0.5) is 5.95 Å². The van der Waals surface area contributed by atoms with Gasteiger partial charge in [-0.2, -0.15) is 0 Å². The molecule has 1 radical (unpaired) electrons. The van der Waals surface area contributed by atoms with E-state index < -0.39 is 0 Å². The Morgan fingerprint density at radius 3 is 2.00 bits per heavy atom. The number of nitrogens with zero attached hydrogens (tertiary/aromatic N) is 2. The van der Waals surface area contributed by atoms with Crippen LogP contribution in [0.15, 0.2) is 18.5 Å². The fraction of sp³-hybridized carbons (Fsp3) is 0. The number of hydrogen-bond acceptors (Lipinski definition) is 3. The minimum Gasteiger partial charge on any atom is -0.368 e. The van der Waals surface area contributed by atoms with Crippen molar-refractivity contribution in [3.8, 4) is 0 Å². The average molecular weight is 159 g/mol. The molecule has 3 nitrogen and oxygen atoms in total. The van der Waals surface area contributed by atoms with Crippen LogP contribution in [0.25, 0.3) is 0 Å². The first-order valence-electron chi connectivity index (χ1n) is 1.92. The van der Waals surface area contributed by atoms with Crippen molar-refractivity contribution in [3.05, 3.63) is 18.5 Å². The van der Waals surface area contributed by atoms with Gasteiger partial charge in [-0.25, -0.2) is 9.97 Å². The van der Waals surface area contributed by atoms with Gasteiger partial charge in [-0.05, 0) is 6.07 Å². The summed E-state index contributed by atoms with van der Waals surface area (Å²) < 4.78 is 0. The van der Waals surface area contributed by atoms with Crippen molar-refractivity contribution >= 4 is 5.95 Å². The largest absolute Gasteiger partial charge is 0.368 e. The molecule has 1 aromatic rings. The van der Waals surface area contributed by atoms with Crippen LogP contribution in [0.1, 0.15) is 0 Å². The Bertz CT molecular complexity index is 141. The minimum absolute atomic E-state index is 0. The molecule has 0 aliphatic rings. The summed E-state index contributed by atoms with van der Waals surface area (Å²) in [4.78, 5) is 7.29. The van der Waals surface area contributed by atoms with E-state index in [1.54, 1.807) is 18.5 Å². The van der Waals surface area contributed by atoms with Crippen molar-refractivity contribution in [2.24, 2.45) is 0 Å². The van der Waals surface area contributed by atoms with E-state index >= 15 is 0 Å². The zero-order valence-corrected chi connectivity index (χ0v) is 4.95. The van der Waals surface area contributed by atoms with Crippen molar-refractivity contribution in [1.29, 1.82) is 0 Å². The number of nitrogen functional groups attached to an aromatic ring is 1. The maximum Gasteiger partial charge on any atom is 0.219 e. The molecule has 4 heteroatoms. The minimum atomic E-state index is 0. The van der Waals surface area contributed by atoms with Gasteiger partial charge in [0.25, 0.3) is 0 Å². The fourth-order valence-electron chi connectivity index (χ4n) is 0.311. The molecule has 0 aliphatic carbocycles. The Kier molecular flexibility index (Phi) is 3.15. The molecule has 0 unspecified atom stereocenters. The summed E-state index contributed by atoms with van der Waals surface area (Å²) >= 11 is 0. The van der Waals surface area contributed by atoms with Crippen LogP contribution < -0.4 is 5.73 Å². The zero-order valence-electron chi connectivity index (χ0n) is 4.01. The number of hydrogen-bond donors (Lipinski definition) is 1. The second-order valence-corrected chi connectivity index (χ2v) is 1.11. The third-order valence-corrected chi connectivity index (χ3v) is 0.586. The molecule has 0 saturated heterocycles. The molecule has 1 rings (SSSR count). The number of anilines is 1. The first-order chi connectivity index (χ1) is 3.39. The van der Waals surface area contributed by atoms with E-state index in [1.165, 1.54) is 0 Å². The van der Waals surface area contributed by atoms with Gasteiger partial charge in [0, 0.05) is 29.5 Å². The second kappa shape index (κ2) is 3.41. The third-order valence-electron chi connectivity index (χ3n) is 0.586. The topological polar surface area (TPSA) is 51.8 Å². The summed E-state index contributed by atoms with van der Waals surface area (Å²) in [6.07, 6.45) is 3.20. The smallest absolute Gasteiger partial charge is 0.219 e. The molecule has 0 bridgehead atoms. The van der Waals surface area contributed by atoms with Crippen LogP contribution in [0.5, 0.6) is 0 Å². The van der Waals surface area contributed by atoms with Crippen LogP contribution >= 0.6 is 0 Å². The first kappa shape index (κ1) is 7.40. The van der Waals surface area contributed by atoms with Crippen LogP contribution in [0, 0.1) is 0 Å². The van der Waals surface area contributed by atoms with E-state index in [0.29, 0.717) is 5.95 Å². The molecule has 0 aliphatic heterocycles. The summed E-state index contributed by atoms with van der Waals surface area (Å²) in [6, 6.07) is 1.72. The van der Waals surface area contributed by atoms with E-state index in [2.05, 4.69) is 9.97 Å². The molecule has 2 N–H and O–H groups in total. The monoisotopic (exact) mass is 158 g/mol. The third kappa shape index (κ3) is 1.91. The van der Waals surface area contributed by atoms with Crippen molar-refractivity contribution in [2.75, 3.05) is 5.73 Å². The van der Waals surface area contributed by atoms with E-state index in [0.717, 1.165) is 0 Å². The summed E-state index contributed by atoms with van der Waals surface area (Å²) in [6.45, 7) is 0. The second-order valence-electron chi connectivity index (χ2n) is 1.11. The Balaban J connectivity index is 0.000000490. The fourth-order valence-corrected chi connectivity index (χ4v) is 0.311. The maximum absolute atomic E-state index is 5.14. The van der Waals surface area contributed by atoms with Gasteiger partial charge in [0.15, 0.2) is 0 Å². The molecule has 0 atom stereocenters. The number of rotatable bonds is 0. The van der Waals surface area contributed by atoms with Gasteiger partial charge in [-0.1, -0.05) is 0 Å². The molecule has 1 aromatic heterocycles. The maximum atomic E-state index is 5.14. The standard InChI is InChI=1S/C4H5N3.Cu/c5-4-6-2-1-3-7-4;/h1-3H,(H2,5,6,7);. The normalized spacial score (nSPS) is 7.50. The van der Waals surface area contributed by atoms with Crippen molar-refractivity contribution in [2.45, 2.75) is 0 Å². The molecule has 1 heterocycles. The molecule has 0 amide bonds. The van der Waals surface area contributed by atoms with Gasteiger partial charge in [-0.3, -0.25) is 0 Å². The van der Waals surface area contributed by atoms with E-state index in [-0.39, 0.29) is 17.1 Å². The predicted octanol–water partition coefficient (Wildman–Crippen LogP) is 0.0563. The van der Waals surface area contributed by atoms with Gasteiger partial charge >= 0.3 is 0 Å². The molecular weight excluding hydrogens is 154 g/mol. The van der Waals surface area contributed by atoms with E-state index in [1.807, 2.05) is 0 Å². The Morgan fingerprint density at radius 1 is 1.25 bits per heavy atom. The van der Waals surface area contributed by atoms with Gasteiger partial charge < -0.3 is 5.73 Å². The Labute approximate surface area is 57.8 Å². The van der Waals surface area contributed by atoms with Crippen LogP contribution in [0.2, 0.25) is 0 Å². The first-order valence-corrected chi connectivity index (χ1v) is 1.92. The molecule has 0 aromatic carbocycles. The van der Waals surface area contributed by atoms with Gasteiger partial charge in [0.1, 0.15) is 0 Å². The van der Waals surface area contributed by atoms with Crippen molar-refractivity contribution in [3.63, 3.8) is 0 Å². The molecule has 0 spiro atoms. The molecule has 0 saturated carbocycles. The Morgan fingerprint density at radius 2 is 1.75 bits per heavy atom. The number of aromatic nitrogens is 2. The van der Waals surface area contributed by atoms with Crippen LogP contribution in [0.3, 0.4) is 0 Å². The predicted molar refractivity (Wildman–Crippen MR) is 26.4 cm³/mol. The van der Waals surface area contributed by atoms with Gasteiger partial charge in [0.2, 0.25) is 5.95 Å². The van der Waals surface area contributed by atoms with Crippen molar-refractivity contribution < 1.29 is 17.1 Å².